The van der Waals surface area contributed by atoms with Gasteiger partial charge in [0.1, 0.15) is 5.82 Å². The van der Waals surface area contributed by atoms with Crippen molar-refractivity contribution in [2.45, 2.75) is 23.8 Å². The maximum absolute atomic E-state index is 13.6. The molecular weight excluding hydrogens is 335 g/mol. The Hall–Kier alpha value is -0.000000000000000111. The number of halogens is 2. The Morgan fingerprint density at radius 3 is 2.89 bits per heavy atom. The van der Waals surface area contributed by atoms with E-state index in [0.29, 0.717) is 10.8 Å². The lowest BCUT2D eigenvalue weighted by molar-refractivity contribution is -0.117. The van der Waals surface area contributed by atoms with Crippen LogP contribution in [0.15, 0.2) is 22.7 Å². The Bertz CT molecular complexity index is 453. The van der Waals surface area contributed by atoms with Crippen molar-refractivity contribution in [2.75, 3.05) is 11.5 Å². The van der Waals surface area contributed by atoms with E-state index in [0.717, 1.165) is 16.0 Å². The van der Waals surface area contributed by atoms with E-state index in [-0.39, 0.29) is 23.3 Å². The Kier molecular flexibility index (Phi) is 5.15. The number of rotatable bonds is 3. The summed E-state index contributed by atoms with van der Waals surface area (Å²) in [6, 6.07) is 4.74. The predicted octanol–water partition coefficient (Wildman–Crippen LogP) is 3.94. The summed E-state index contributed by atoms with van der Waals surface area (Å²) in [6.07, 6.45) is 0.188. The molecule has 1 saturated heterocycles. The summed E-state index contributed by atoms with van der Waals surface area (Å²) in [4.78, 5) is 12.2. The number of hydrogen-bond donors (Lipinski definition) is 0. The van der Waals surface area contributed by atoms with Gasteiger partial charge in [0.05, 0.1) is 5.25 Å². The molecule has 0 N–H and O–H groups in total. The molecule has 1 aromatic rings. The Balaban J connectivity index is 2.08. The summed E-state index contributed by atoms with van der Waals surface area (Å²) in [6.45, 7) is 2.08. The van der Waals surface area contributed by atoms with Crippen LogP contribution in [0, 0.1) is 5.82 Å². The van der Waals surface area contributed by atoms with E-state index >= 15 is 0 Å². The number of hydrogen-bond acceptors (Lipinski definition) is 3. The minimum absolute atomic E-state index is 0.00197. The number of benzene rings is 1. The van der Waals surface area contributed by atoms with Gasteiger partial charge >= 0.3 is 0 Å². The average Bonchev–Trinajstić information content (AvgIpc) is 2.34. The summed E-state index contributed by atoms with van der Waals surface area (Å²) < 4.78 is 14.4. The molecule has 1 aliphatic heterocycles. The van der Waals surface area contributed by atoms with Crippen LogP contribution in [0.1, 0.15) is 12.5 Å². The first-order chi connectivity index (χ1) is 8.58. The molecule has 0 radical (unpaired) electrons. The molecule has 1 nitrogen and oxygen atoms in total. The first-order valence-corrected chi connectivity index (χ1v) is 8.67. The lowest BCUT2D eigenvalue weighted by Gasteiger charge is -2.26. The molecular formula is C13H14BrFOS2. The van der Waals surface area contributed by atoms with Crippen LogP contribution in [0.2, 0.25) is 0 Å². The predicted molar refractivity (Wildman–Crippen MR) is 81.0 cm³/mol. The lowest BCUT2D eigenvalue weighted by Crippen LogP contribution is -2.32. The van der Waals surface area contributed by atoms with Gasteiger partial charge in [0.25, 0.3) is 0 Å². The molecule has 0 aromatic heterocycles. The molecule has 5 heteroatoms. The van der Waals surface area contributed by atoms with Gasteiger partial charge in [-0.3, -0.25) is 4.79 Å². The number of thioether (sulfide) groups is 2. The molecule has 1 aliphatic rings. The fourth-order valence-corrected chi connectivity index (χ4v) is 5.10. The molecule has 0 spiro atoms. The van der Waals surface area contributed by atoms with Crippen molar-refractivity contribution in [3.8, 4) is 0 Å². The zero-order valence-electron chi connectivity index (χ0n) is 9.99. The highest BCUT2D eigenvalue weighted by Gasteiger charge is 2.29. The minimum Gasteiger partial charge on any atom is -0.298 e. The van der Waals surface area contributed by atoms with Crippen LogP contribution in [0.25, 0.3) is 0 Å². The normalized spacial score (nSPS) is 23.9. The molecule has 2 unspecified atom stereocenters. The third-order valence-corrected chi connectivity index (χ3v) is 6.51. The fraction of sp³-hybridized carbons (Fsp3) is 0.462. The van der Waals surface area contributed by atoms with E-state index in [9.17, 15) is 9.18 Å². The van der Waals surface area contributed by atoms with Crippen LogP contribution in [0.5, 0.6) is 0 Å². The van der Waals surface area contributed by atoms with Crippen molar-refractivity contribution < 1.29 is 9.18 Å². The van der Waals surface area contributed by atoms with Gasteiger partial charge in [-0.05, 0) is 23.8 Å². The molecule has 18 heavy (non-hydrogen) atoms. The van der Waals surface area contributed by atoms with Gasteiger partial charge in [-0.25, -0.2) is 4.39 Å². The Morgan fingerprint density at radius 2 is 2.17 bits per heavy atom. The highest BCUT2D eigenvalue weighted by Crippen LogP contribution is 2.32. The van der Waals surface area contributed by atoms with Gasteiger partial charge in [-0.15, -0.1) is 11.8 Å². The largest absolute Gasteiger partial charge is 0.298 e. The van der Waals surface area contributed by atoms with E-state index in [1.54, 1.807) is 23.9 Å². The van der Waals surface area contributed by atoms with Gasteiger partial charge in [0.2, 0.25) is 0 Å². The van der Waals surface area contributed by atoms with E-state index in [2.05, 4.69) is 22.9 Å². The number of carbonyl (C=O) groups excluding carboxylic acids is 1. The molecule has 0 saturated carbocycles. The smallest absolute Gasteiger partial charge is 0.151 e. The number of Topliss-reactive ketones (excluding diaryl/α,β-unsaturated/α-hetero) is 1. The molecule has 0 amide bonds. The minimum atomic E-state index is -0.298. The monoisotopic (exact) mass is 348 g/mol. The second kappa shape index (κ2) is 6.44. The van der Waals surface area contributed by atoms with E-state index < -0.39 is 0 Å². The highest BCUT2D eigenvalue weighted by molar-refractivity contribution is 9.10. The van der Waals surface area contributed by atoms with Crippen LogP contribution in [-0.4, -0.2) is 27.8 Å². The second-order valence-corrected chi connectivity index (χ2v) is 7.90. The van der Waals surface area contributed by atoms with Crippen molar-refractivity contribution in [3.63, 3.8) is 0 Å². The zero-order chi connectivity index (χ0) is 13.1. The van der Waals surface area contributed by atoms with Crippen LogP contribution in [0.3, 0.4) is 0 Å². The second-order valence-electron chi connectivity index (χ2n) is 4.25. The van der Waals surface area contributed by atoms with Crippen LogP contribution in [0.4, 0.5) is 4.39 Å². The molecule has 98 valence electrons. The van der Waals surface area contributed by atoms with Gasteiger partial charge in [-0.2, -0.15) is 11.8 Å². The summed E-state index contributed by atoms with van der Waals surface area (Å²) >= 11 is 6.84. The maximum Gasteiger partial charge on any atom is 0.151 e. The van der Waals surface area contributed by atoms with Crippen LogP contribution in [-0.2, 0) is 11.2 Å². The molecule has 2 rings (SSSR count). The highest BCUT2D eigenvalue weighted by atomic mass is 79.9. The van der Waals surface area contributed by atoms with Crippen molar-refractivity contribution >= 4 is 45.2 Å². The SMILES string of the molecule is CC1SCCSC1C(=O)Cc1cc(Br)ccc1F. The van der Waals surface area contributed by atoms with Crippen molar-refractivity contribution in [1.82, 2.24) is 0 Å². The van der Waals surface area contributed by atoms with Crippen molar-refractivity contribution in [1.29, 1.82) is 0 Å². The number of carbonyl (C=O) groups is 1. The summed E-state index contributed by atoms with van der Waals surface area (Å²) in [5, 5.41) is 0.327. The van der Waals surface area contributed by atoms with Gasteiger partial charge < -0.3 is 0 Å². The van der Waals surface area contributed by atoms with E-state index in [4.69, 9.17) is 0 Å². The van der Waals surface area contributed by atoms with Crippen molar-refractivity contribution in [3.05, 3.63) is 34.1 Å². The van der Waals surface area contributed by atoms with Crippen molar-refractivity contribution in [2.24, 2.45) is 0 Å². The first kappa shape index (κ1) is 14.4. The molecule has 1 fully saturated rings. The average molecular weight is 349 g/mol. The molecule has 1 heterocycles. The molecule has 2 atom stereocenters. The maximum atomic E-state index is 13.6. The summed E-state index contributed by atoms with van der Waals surface area (Å²) in [5.74, 6) is 1.94. The standard InChI is InChI=1S/C13H14BrFOS2/c1-8-13(18-5-4-17-8)12(16)7-9-6-10(14)2-3-11(9)15/h2-3,6,8,13H,4-5,7H2,1H3. The topological polar surface area (TPSA) is 17.1 Å². The van der Waals surface area contributed by atoms with E-state index in [1.165, 1.54) is 6.07 Å². The van der Waals surface area contributed by atoms with Gasteiger partial charge in [0.15, 0.2) is 5.78 Å². The Labute approximate surface area is 123 Å². The first-order valence-electron chi connectivity index (χ1n) is 5.78. The van der Waals surface area contributed by atoms with Crippen LogP contribution >= 0.6 is 39.5 Å². The number of ketones is 1. The lowest BCUT2D eigenvalue weighted by atomic mass is 10.1. The fourth-order valence-electron chi connectivity index (χ4n) is 1.95. The Morgan fingerprint density at radius 1 is 1.44 bits per heavy atom. The molecule has 1 aromatic carbocycles. The quantitative estimate of drug-likeness (QED) is 0.823. The van der Waals surface area contributed by atoms with Gasteiger partial charge in [-0.1, -0.05) is 22.9 Å². The third-order valence-electron chi connectivity index (χ3n) is 2.88. The third kappa shape index (κ3) is 3.52. The zero-order valence-corrected chi connectivity index (χ0v) is 13.2. The molecule has 0 bridgehead atoms. The van der Waals surface area contributed by atoms with E-state index in [1.807, 2.05) is 11.8 Å². The van der Waals surface area contributed by atoms with Gasteiger partial charge in [0, 0.05) is 27.6 Å². The summed E-state index contributed by atoms with van der Waals surface area (Å²) in [7, 11) is 0. The summed E-state index contributed by atoms with van der Waals surface area (Å²) in [5.41, 5.74) is 0.484. The molecule has 0 aliphatic carbocycles. The van der Waals surface area contributed by atoms with Crippen LogP contribution < -0.4 is 0 Å².